The van der Waals surface area contributed by atoms with E-state index in [-0.39, 0.29) is 24.3 Å². The van der Waals surface area contributed by atoms with Crippen molar-refractivity contribution in [3.63, 3.8) is 0 Å². The van der Waals surface area contributed by atoms with E-state index in [1.165, 1.54) is 11.6 Å². The van der Waals surface area contributed by atoms with Crippen LogP contribution in [0, 0.1) is 6.92 Å². The number of fused-ring (bicyclic) bond motifs is 1. The minimum absolute atomic E-state index is 0.122. The average Bonchev–Trinajstić information content (AvgIpc) is 3.33. The van der Waals surface area contributed by atoms with Crippen LogP contribution >= 0.6 is 0 Å². The summed E-state index contributed by atoms with van der Waals surface area (Å²) in [5.74, 6) is 1.56. The van der Waals surface area contributed by atoms with Gasteiger partial charge in [-0.05, 0) is 37.6 Å². The van der Waals surface area contributed by atoms with Gasteiger partial charge in [-0.15, -0.1) is 0 Å². The summed E-state index contributed by atoms with van der Waals surface area (Å²) < 4.78 is 19.3. The number of carbonyl (C=O) groups is 1. The van der Waals surface area contributed by atoms with Gasteiger partial charge in [-0.25, -0.2) is 0 Å². The molecule has 0 aliphatic rings. The summed E-state index contributed by atoms with van der Waals surface area (Å²) >= 11 is 0. The Bertz CT molecular complexity index is 1450. The van der Waals surface area contributed by atoms with Crippen LogP contribution in [0.3, 0.4) is 0 Å². The Kier molecular flexibility index (Phi) is 6.77. The molecule has 0 atom stereocenters. The number of anilines is 1. The van der Waals surface area contributed by atoms with E-state index in [2.05, 4.69) is 10.4 Å². The normalized spacial score (nSPS) is 10.9. The third-order valence-corrected chi connectivity index (χ3v) is 6.09. The summed E-state index contributed by atoms with van der Waals surface area (Å²) in [4.78, 5) is 26.0. The van der Waals surface area contributed by atoms with Gasteiger partial charge in [0.25, 0.3) is 5.56 Å². The van der Waals surface area contributed by atoms with E-state index in [4.69, 9.17) is 14.2 Å². The van der Waals surface area contributed by atoms with Crippen LogP contribution in [0.4, 0.5) is 5.69 Å². The van der Waals surface area contributed by atoms with Crippen molar-refractivity contribution in [2.45, 2.75) is 19.8 Å². The smallest absolute Gasteiger partial charge is 0.277 e. The molecule has 2 aromatic heterocycles. The second kappa shape index (κ2) is 9.92. The van der Waals surface area contributed by atoms with Gasteiger partial charge in [-0.2, -0.15) is 9.61 Å². The Balaban J connectivity index is 1.60. The Hall–Kier alpha value is -4.27. The molecule has 2 heterocycles. The first-order chi connectivity index (χ1) is 16.9. The maximum absolute atomic E-state index is 13.3. The van der Waals surface area contributed by atoms with Gasteiger partial charge in [0, 0.05) is 42.4 Å². The largest absolute Gasteiger partial charge is 0.497 e. The van der Waals surface area contributed by atoms with Crippen molar-refractivity contribution in [2.24, 2.45) is 7.05 Å². The summed E-state index contributed by atoms with van der Waals surface area (Å²) in [5, 5.41) is 7.41. The first-order valence-corrected chi connectivity index (χ1v) is 11.1. The monoisotopic (exact) mass is 476 g/mol. The fourth-order valence-corrected chi connectivity index (χ4v) is 4.05. The predicted octanol–water partition coefficient (Wildman–Crippen LogP) is 3.61. The molecule has 4 rings (SSSR count). The van der Waals surface area contributed by atoms with Gasteiger partial charge in [-0.3, -0.25) is 9.59 Å². The summed E-state index contributed by atoms with van der Waals surface area (Å²) in [5.41, 5.74) is 3.69. The minimum Gasteiger partial charge on any atom is -0.497 e. The van der Waals surface area contributed by atoms with Crippen LogP contribution in [0.25, 0.3) is 16.9 Å². The number of ether oxygens (including phenoxy) is 3. The zero-order valence-corrected chi connectivity index (χ0v) is 20.4. The second-order valence-electron chi connectivity index (χ2n) is 8.04. The Morgan fingerprint density at radius 2 is 1.74 bits per heavy atom. The number of methoxy groups -OCH3 is 3. The van der Waals surface area contributed by atoms with Crippen molar-refractivity contribution in [2.75, 3.05) is 26.6 Å². The molecule has 1 amide bonds. The number of rotatable bonds is 8. The van der Waals surface area contributed by atoms with E-state index < -0.39 is 0 Å². The van der Waals surface area contributed by atoms with Gasteiger partial charge in [0.05, 0.1) is 32.7 Å². The van der Waals surface area contributed by atoms with Gasteiger partial charge < -0.3 is 24.1 Å². The van der Waals surface area contributed by atoms with Crippen LogP contribution in [-0.4, -0.2) is 41.4 Å². The van der Waals surface area contributed by atoms with E-state index in [1.807, 2.05) is 48.9 Å². The van der Waals surface area contributed by atoms with E-state index >= 15 is 0 Å². The highest BCUT2D eigenvalue weighted by Crippen LogP contribution is 2.30. The SMILES string of the molecule is COc1ccc(NC(=O)CCc2c(C)n(C)c3cc(-c4ccccc4OC)nn3c2=O)c(OC)c1. The summed E-state index contributed by atoms with van der Waals surface area (Å²) in [6.45, 7) is 1.87. The number of nitrogens with one attached hydrogen (secondary N) is 1. The van der Waals surface area contributed by atoms with Crippen LogP contribution in [0.1, 0.15) is 17.7 Å². The van der Waals surface area contributed by atoms with Crippen LogP contribution < -0.4 is 25.1 Å². The molecule has 35 heavy (non-hydrogen) atoms. The number of aromatic nitrogens is 3. The molecular formula is C26H28N4O5. The highest BCUT2D eigenvalue weighted by Gasteiger charge is 2.18. The highest BCUT2D eigenvalue weighted by molar-refractivity contribution is 5.92. The molecular weight excluding hydrogens is 448 g/mol. The molecule has 0 saturated carbocycles. The Morgan fingerprint density at radius 3 is 2.46 bits per heavy atom. The van der Waals surface area contributed by atoms with Crippen molar-refractivity contribution in [3.05, 3.63) is 70.1 Å². The molecule has 1 N–H and O–H groups in total. The number of carbonyl (C=O) groups excluding carboxylic acids is 1. The molecule has 9 nitrogen and oxygen atoms in total. The quantitative estimate of drug-likeness (QED) is 0.417. The lowest BCUT2D eigenvalue weighted by molar-refractivity contribution is -0.116. The molecule has 0 unspecified atom stereocenters. The van der Waals surface area contributed by atoms with Gasteiger partial charge in [0.15, 0.2) is 0 Å². The van der Waals surface area contributed by atoms with Gasteiger partial charge in [0.2, 0.25) is 5.91 Å². The fourth-order valence-electron chi connectivity index (χ4n) is 4.05. The van der Waals surface area contributed by atoms with Crippen molar-refractivity contribution in [3.8, 4) is 28.5 Å². The molecule has 0 radical (unpaired) electrons. The third-order valence-electron chi connectivity index (χ3n) is 6.09. The molecule has 2 aromatic carbocycles. The number of para-hydroxylation sites is 1. The lowest BCUT2D eigenvalue weighted by Crippen LogP contribution is -2.26. The molecule has 9 heteroatoms. The van der Waals surface area contributed by atoms with Gasteiger partial charge in [0.1, 0.15) is 22.9 Å². The minimum atomic E-state index is -0.244. The van der Waals surface area contributed by atoms with Crippen molar-refractivity contribution < 1.29 is 19.0 Å². The fraction of sp³-hybridized carbons (Fsp3) is 0.269. The molecule has 0 saturated heterocycles. The maximum Gasteiger partial charge on any atom is 0.277 e. The third kappa shape index (κ3) is 4.57. The zero-order chi connectivity index (χ0) is 25.1. The summed E-state index contributed by atoms with van der Waals surface area (Å²) in [7, 11) is 6.56. The molecule has 0 aliphatic heterocycles. The van der Waals surface area contributed by atoms with Crippen LogP contribution in [0.2, 0.25) is 0 Å². The number of benzene rings is 2. The lowest BCUT2D eigenvalue weighted by Gasteiger charge is -2.13. The lowest BCUT2D eigenvalue weighted by atomic mass is 10.1. The molecule has 182 valence electrons. The van der Waals surface area contributed by atoms with Gasteiger partial charge >= 0.3 is 0 Å². The number of hydrogen-bond acceptors (Lipinski definition) is 6. The van der Waals surface area contributed by atoms with Crippen molar-refractivity contribution in [1.82, 2.24) is 14.2 Å². The van der Waals surface area contributed by atoms with Crippen molar-refractivity contribution in [1.29, 1.82) is 0 Å². The highest BCUT2D eigenvalue weighted by atomic mass is 16.5. The first kappa shape index (κ1) is 23.9. The van der Waals surface area contributed by atoms with E-state index in [0.717, 1.165) is 11.3 Å². The Labute approximate surface area is 202 Å². The predicted molar refractivity (Wildman–Crippen MR) is 134 cm³/mol. The summed E-state index contributed by atoms with van der Waals surface area (Å²) in [6.07, 6.45) is 0.389. The van der Waals surface area contributed by atoms with Crippen LogP contribution in [0.5, 0.6) is 17.2 Å². The molecule has 0 bridgehead atoms. The van der Waals surface area contributed by atoms with Gasteiger partial charge in [-0.1, -0.05) is 12.1 Å². The molecule has 0 spiro atoms. The van der Waals surface area contributed by atoms with E-state index in [1.54, 1.807) is 32.4 Å². The molecule has 0 fully saturated rings. The first-order valence-electron chi connectivity index (χ1n) is 11.1. The molecule has 4 aromatic rings. The number of amides is 1. The zero-order valence-electron chi connectivity index (χ0n) is 20.4. The number of hydrogen-bond donors (Lipinski definition) is 1. The van der Waals surface area contributed by atoms with Crippen LogP contribution in [0.15, 0.2) is 53.3 Å². The van der Waals surface area contributed by atoms with Crippen molar-refractivity contribution >= 4 is 17.2 Å². The Morgan fingerprint density at radius 1 is 1.00 bits per heavy atom. The number of nitrogens with zero attached hydrogens (tertiary/aromatic N) is 3. The number of aryl methyl sites for hydroxylation is 1. The average molecular weight is 477 g/mol. The second-order valence-corrected chi connectivity index (χ2v) is 8.04. The van der Waals surface area contributed by atoms with E-state index in [9.17, 15) is 9.59 Å². The van der Waals surface area contributed by atoms with E-state index in [0.29, 0.717) is 39.8 Å². The standard InChI is InChI=1S/C26H28N4O5/c1-16-18(11-13-24(31)27-20-12-10-17(33-3)14-23(20)35-5)26(32)30-25(29(16)2)15-21(28-30)19-8-6-7-9-22(19)34-4/h6-10,12,14-15H,11,13H2,1-5H3,(H,27,31). The van der Waals surface area contributed by atoms with Crippen LogP contribution in [-0.2, 0) is 18.3 Å². The topological polar surface area (TPSA) is 96.1 Å². The summed E-state index contributed by atoms with van der Waals surface area (Å²) in [6, 6.07) is 14.5. The molecule has 0 aliphatic carbocycles. The maximum atomic E-state index is 13.3.